The molecule has 0 rings (SSSR count). The molecule has 1 unspecified atom stereocenters. The largest absolute Gasteiger partial charge is 0.0988 e. The van der Waals surface area contributed by atoms with Gasteiger partial charge in [-0.2, -0.15) is 0 Å². The number of hydrogen-bond donors (Lipinski definition) is 0. The maximum absolute atomic E-state index is 3.81. The van der Waals surface area contributed by atoms with Crippen molar-refractivity contribution in [2.75, 3.05) is 0 Å². The average Bonchev–Trinajstić information content (AvgIpc) is 2.46. The molecule has 0 spiro atoms. The SMILES string of the molecule is C=C/C(=C\C(C)=C/CC#CC(C)/C(C)=C\C=C/C)CC. The van der Waals surface area contributed by atoms with E-state index in [1.165, 1.54) is 16.7 Å². The first kappa shape index (κ1) is 18.3. The summed E-state index contributed by atoms with van der Waals surface area (Å²) in [7, 11) is 0. The van der Waals surface area contributed by atoms with E-state index in [2.05, 4.69) is 70.4 Å². The third-order valence-electron chi connectivity index (χ3n) is 3.16. The molecule has 0 N–H and O–H groups in total. The fraction of sp³-hybridized carbons (Fsp3) is 0.400. The van der Waals surface area contributed by atoms with Crippen LogP contribution in [0.15, 0.2) is 59.8 Å². The molecule has 0 aliphatic heterocycles. The van der Waals surface area contributed by atoms with Gasteiger partial charge in [-0.3, -0.25) is 0 Å². The second-order valence-corrected chi connectivity index (χ2v) is 4.91. The molecule has 0 heterocycles. The van der Waals surface area contributed by atoms with Crippen LogP contribution in [-0.2, 0) is 0 Å². The summed E-state index contributed by atoms with van der Waals surface area (Å²) in [6, 6.07) is 0. The zero-order chi connectivity index (χ0) is 15.4. The average molecular weight is 268 g/mol. The summed E-state index contributed by atoms with van der Waals surface area (Å²) in [5.74, 6) is 6.84. The van der Waals surface area contributed by atoms with Gasteiger partial charge < -0.3 is 0 Å². The lowest BCUT2D eigenvalue weighted by Gasteiger charge is -2.02. The predicted octanol–water partition coefficient (Wildman–Crippen LogP) is 6.01. The van der Waals surface area contributed by atoms with Crippen molar-refractivity contribution >= 4 is 0 Å². The highest BCUT2D eigenvalue weighted by Crippen LogP contribution is 2.09. The van der Waals surface area contributed by atoms with Gasteiger partial charge in [0.25, 0.3) is 0 Å². The minimum atomic E-state index is 0.315. The van der Waals surface area contributed by atoms with Gasteiger partial charge in [-0.15, -0.1) is 0 Å². The van der Waals surface area contributed by atoms with Gasteiger partial charge >= 0.3 is 0 Å². The zero-order valence-electron chi connectivity index (χ0n) is 13.7. The van der Waals surface area contributed by atoms with Gasteiger partial charge in [-0.25, -0.2) is 0 Å². The van der Waals surface area contributed by atoms with Crippen molar-refractivity contribution in [3.05, 3.63) is 59.8 Å². The Kier molecular flexibility index (Phi) is 10.2. The third kappa shape index (κ3) is 8.38. The number of allylic oxidation sites excluding steroid dienone is 9. The molecule has 0 amide bonds. The maximum Gasteiger partial charge on any atom is 0.0384 e. The van der Waals surface area contributed by atoms with Gasteiger partial charge in [0.2, 0.25) is 0 Å². The van der Waals surface area contributed by atoms with E-state index in [1.807, 2.05) is 19.1 Å². The summed E-state index contributed by atoms with van der Waals surface area (Å²) in [5, 5.41) is 0. The molecule has 0 radical (unpaired) electrons. The first-order chi connectivity index (χ1) is 9.54. The second kappa shape index (κ2) is 11.1. The molecule has 0 aromatic heterocycles. The van der Waals surface area contributed by atoms with Crippen LogP contribution in [0.3, 0.4) is 0 Å². The smallest absolute Gasteiger partial charge is 0.0384 e. The van der Waals surface area contributed by atoms with E-state index in [1.54, 1.807) is 0 Å². The van der Waals surface area contributed by atoms with Crippen molar-refractivity contribution in [3.8, 4) is 11.8 Å². The highest BCUT2D eigenvalue weighted by molar-refractivity contribution is 5.29. The highest BCUT2D eigenvalue weighted by atomic mass is 14.0. The van der Waals surface area contributed by atoms with E-state index in [4.69, 9.17) is 0 Å². The summed E-state index contributed by atoms with van der Waals surface area (Å²) in [5.41, 5.74) is 3.83. The molecule has 20 heavy (non-hydrogen) atoms. The number of hydrogen-bond acceptors (Lipinski definition) is 0. The summed E-state index contributed by atoms with van der Waals surface area (Å²) in [6.45, 7) is 14.4. The van der Waals surface area contributed by atoms with Crippen LogP contribution in [0.1, 0.15) is 47.5 Å². The molecule has 0 aromatic rings. The van der Waals surface area contributed by atoms with Crippen LogP contribution in [0, 0.1) is 17.8 Å². The maximum atomic E-state index is 3.81. The van der Waals surface area contributed by atoms with Crippen LogP contribution < -0.4 is 0 Å². The Labute approximate surface area is 125 Å². The molecular formula is C20H28. The van der Waals surface area contributed by atoms with Gasteiger partial charge in [-0.1, -0.05) is 72.9 Å². The quantitative estimate of drug-likeness (QED) is 0.409. The number of rotatable bonds is 6. The van der Waals surface area contributed by atoms with Crippen LogP contribution in [0.25, 0.3) is 0 Å². The molecule has 0 saturated carbocycles. The van der Waals surface area contributed by atoms with Crippen molar-refractivity contribution in [1.82, 2.24) is 0 Å². The molecule has 108 valence electrons. The highest BCUT2D eigenvalue weighted by Gasteiger charge is 1.96. The molecule has 0 aliphatic rings. The monoisotopic (exact) mass is 268 g/mol. The third-order valence-corrected chi connectivity index (χ3v) is 3.16. The van der Waals surface area contributed by atoms with Crippen LogP contribution in [-0.4, -0.2) is 0 Å². The van der Waals surface area contributed by atoms with E-state index < -0.39 is 0 Å². The van der Waals surface area contributed by atoms with E-state index in [0.717, 1.165) is 12.8 Å². The van der Waals surface area contributed by atoms with Crippen molar-refractivity contribution < 1.29 is 0 Å². The van der Waals surface area contributed by atoms with E-state index in [0.29, 0.717) is 5.92 Å². The minimum Gasteiger partial charge on any atom is -0.0988 e. The van der Waals surface area contributed by atoms with Gasteiger partial charge in [-0.05, 0) is 39.7 Å². The molecule has 0 aliphatic carbocycles. The van der Waals surface area contributed by atoms with Crippen molar-refractivity contribution in [1.29, 1.82) is 0 Å². The van der Waals surface area contributed by atoms with Crippen molar-refractivity contribution in [3.63, 3.8) is 0 Å². The standard InChI is InChI=1S/C20H28/c1-7-10-14-18(5)19(6)15-12-11-13-17(4)16-20(8-2)9-3/h7-8,10,13-14,16,19H,2,9,11H2,1,3-6H3/b10-7-,17-13-,18-14-,20-16+. The van der Waals surface area contributed by atoms with E-state index in [9.17, 15) is 0 Å². The Morgan fingerprint density at radius 1 is 1.30 bits per heavy atom. The first-order valence-corrected chi connectivity index (χ1v) is 7.32. The molecular weight excluding hydrogens is 240 g/mol. The fourth-order valence-corrected chi connectivity index (χ4v) is 1.59. The van der Waals surface area contributed by atoms with E-state index in [-0.39, 0.29) is 0 Å². The molecule has 0 bridgehead atoms. The molecule has 0 nitrogen and oxygen atoms in total. The summed E-state index contributed by atoms with van der Waals surface area (Å²) >= 11 is 0. The van der Waals surface area contributed by atoms with Gasteiger partial charge in [0.05, 0.1) is 0 Å². The van der Waals surface area contributed by atoms with Crippen LogP contribution in [0.4, 0.5) is 0 Å². The van der Waals surface area contributed by atoms with Gasteiger partial charge in [0.1, 0.15) is 0 Å². The summed E-state index contributed by atoms with van der Waals surface area (Å²) in [4.78, 5) is 0. The summed E-state index contributed by atoms with van der Waals surface area (Å²) in [6.07, 6.45) is 14.3. The zero-order valence-corrected chi connectivity index (χ0v) is 13.7. The van der Waals surface area contributed by atoms with Crippen LogP contribution in [0.2, 0.25) is 0 Å². The Hall–Kier alpha value is -1.74. The molecule has 0 saturated heterocycles. The summed E-state index contributed by atoms with van der Waals surface area (Å²) < 4.78 is 0. The van der Waals surface area contributed by atoms with Gasteiger partial charge in [0, 0.05) is 12.3 Å². The van der Waals surface area contributed by atoms with Crippen molar-refractivity contribution in [2.24, 2.45) is 5.92 Å². The molecule has 0 aromatic carbocycles. The molecule has 0 heteroatoms. The predicted molar refractivity (Wildman–Crippen MR) is 92.5 cm³/mol. The lowest BCUT2D eigenvalue weighted by Crippen LogP contribution is -1.91. The lowest BCUT2D eigenvalue weighted by atomic mass is 10.0. The Morgan fingerprint density at radius 3 is 2.55 bits per heavy atom. The van der Waals surface area contributed by atoms with Crippen molar-refractivity contribution in [2.45, 2.75) is 47.5 Å². The topological polar surface area (TPSA) is 0 Å². The Bertz CT molecular complexity index is 470. The second-order valence-electron chi connectivity index (χ2n) is 4.91. The van der Waals surface area contributed by atoms with Crippen LogP contribution >= 0.6 is 0 Å². The Morgan fingerprint density at radius 2 is 2.00 bits per heavy atom. The normalized spacial score (nSPS) is 14.9. The van der Waals surface area contributed by atoms with Crippen LogP contribution in [0.5, 0.6) is 0 Å². The lowest BCUT2D eigenvalue weighted by molar-refractivity contribution is 0.895. The fourth-order valence-electron chi connectivity index (χ4n) is 1.59. The Balaban J connectivity index is 4.54. The molecule has 1 atom stereocenters. The minimum absolute atomic E-state index is 0.315. The first-order valence-electron chi connectivity index (χ1n) is 7.32. The van der Waals surface area contributed by atoms with E-state index >= 15 is 0 Å². The van der Waals surface area contributed by atoms with Gasteiger partial charge in [0.15, 0.2) is 0 Å². The molecule has 0 fully saturated rings.